The van der Waals surface area contributed by atoms with E-state index in [9.17, 15) is 9.90 Å². The lowest BCUT2D eigenvalue weighted by atomic mass is 9.96. The third-order valence-corrected chi connectivity index (χ3v) is 2.40. The van der Waals surface area contributed by atoms with Crippen molar-refractivity contribution in [3.05, 3.63) is 34.9 Å². The topological polar surface area (TPSA) is 49.3 Å². The molecule has 4 heteroatoms. The maximum absolute atomic E-state index is 10.7. The molecule has 1 aromatic carbocycles. The van der Waals surface area contributed by atoms with Gasteiger partial charge in [-0.1, -0.05) is 23.7 Å². The minimum absolute atomic E-state index is 0.163. The van der Waals surface area contributed by atoms with Gasteiger partial charge in [-0.3, -0.25) is 4.79 Å². The summed E-state index contributed by atoms with van der Waals surface area (Å²) < 4.78 is 0. The quantitative estimate of drug-likeness (QED) is 0.826. The van der Waals surface area contributed by atoms with Crippen molar-refractivity contribution in [2.24, 2.45) is 0 Å². The Kier molecular flexibility index (Phi) is 3.72. The summed E-state index contributed by atoms with van der Waals surface area (Å²) in [5.74, 6) is -0.163. The van der Waals surface area contributed by atoms with Gasteiger partial charge in [0.15, 0.2) is 0 Å². The number of amides is 1. The number of halogens is 1. The zero-order valence-electron chi connectivity index (χ0n) is 8.75. The molecule has 0 saturated heterocycles. The molecule has 0 aromatic heterocycles. The Morgan fingerprint density at radius 3 is 2.47 bits per heavy atom. The zero-order valence-corrected chi connectivity index (χ0v) is 9.51. The van der Waals surface area contributed by atoms with Gasteiger partial charge in [-0.05, 0) is 24.6 Å². The first-order valence-corrected chi connectivity index (χ1v) is 5.02. The lowest BCUT2D eigenvalue weighted by Crippen LogP contribution is -2.37. The standard InChI is InChI=1S/C11H14ClNO2/c1-8(14)13-7-11(2,15)9-3-5-10(12)6-4-9/h3-6,15H,7H2,1-2H3,(H,13,14). The number of rotatable bonds is 3. The molecule has 1 unspecified atom stereocenters. The minimum atomic E-state index is -1.07. The van der Waals surface area contributed by atoms with Crippen LogP contribution in [-0.4, -0.2) is 17.6 Å². The molecule has 0 spiro atoms. The van der Waals surface area contributed by atoms with Crippen molar-refractivity contribution in [3.63, 3.8) is 0 Å². The third kappa shape index (κ3) is 3.53. The van der Waals surface area contributed by atoms with Crippen molar-refractivity contribution in [2.75, 3.05) is 6.54 Å². The van der Waals surface area contributed by atoms with Crippen molar-refractivity contribution in [1.29, 1.82) is 0 Å². The van der Waals surface area contributed by atoms with Crippen LogP contribution in [0.15, 0.2) is 24.3 Å². The summed E-state index contributed by atoms with van der Waals surface area (Å²) in [5.41, 5.74) is -0.350. The van der Waals surface area contributed by atoms with Crippen LogP contribution >= 0.6 is 11.6 Å². The normalized spacial score (nSPS) is 14.4. The van der Waals surface area contributed by atoms with E-state index in [1.165, 1.54) is 6.92 Å². The van der Waals surface area contributed by atoms with Crippen LogP contribution in [0.2, 0.25) is 5.02 Å². The molecule has 0 bridgehead atoms. The van der Waals surface area contributed by atoms with Gasteiger partial charge in [0.2, 0.25) is 5.91 Å². The predicted octanol–water partition coefficient (Wildman–Crippen LogP) is 1.68. The second kappa shape index (κ2) is 4.64. The van der Waals surface area contributed by atoms with Gasteiger partial charge in [-0.15, -0.1) is 0 Å². The Labute approximate surface area is 94.1 Å². The summed E-state index contributed by atoms with van der Waals surface area (Å²) in [7, 11) is 0. The van der Waals surface area contributed by atoms with Crippen LogP contribution in [0.1, 0.15) is 19.4 Å². The first kappa shape index (κ1) is 12.0. The first-order chi connectivity index (χ1) is 6.92. The van der Waals surface area contributed by atoms with Crippen LogP contribution < -0.4 is 5.32 Å². The number of carbonyl (C=O) groups is 1. The van der Waals surface area contributed by atoms with Gasteiger partial charge in [0.25, 0.3) is 0 Å². The van der Waals surface area contributed by atoms with Crippen LogP contribution in [0.25, 0.3) is 0 Å². The second-order valence-corrected chi connectivity index (χ2v) is 4.13. The fourth-order valence-corrected chi connectivity index (χ4v) is 1.33. The molecule has 0 aliphatic heterocycles. The van der Waals surface area contributed by atoms with Crippen LogP contribution in [-0.2, 0) is 10.4 Å². The molecular weight excluding hydrogens is 214 g/mol. The summed E-state index contributed by atoms with van der Waals surface area (Å²) in [5, 5.41) is 13.3. The minimum Gasteiger partial charge on any atom is -0.384 e. The van der Waals surface area contributed by atoms with Crippen molar-refractivity contribution in [1.82, 2.24) is 5.32 Å². The van der Waals surface area contributed by atoms with Crippen LogP contribution in [0, 0.1) is 0 Å². The molecule has 1 atom stereocenters. The lowest BCUT2D eigenvalue weighted by Gasteiger charge is -2.23. The summed E-state index contributed by atoms with van der Waals surface area (Å²) in [6.45, 7) is 3.24. The Morgan fingerprint density at radius 1 is 1.47 bits per heavy atom. The molecule has 15 heavy (non-hydrogen) atoms. The van der Waals surface area contributed by atoms with Gasteiger partial charge >= 0.3 is 0 Å². The van der Waals surface area contributed by atoms with Crippen LogP contribution in [0.5, 0.6) is 0 Å². The third-order valence-electron chi connectivity index (χ3n) is 2.15. The highest BCUT2D eigenvalue weighted by atomic mass is 35.5. The average molecular weight is 228 g/mol. The fourth-order valence-electron chi connectivity index (χ4n) is 1.21. The highest BCUT2D eigenvalue weighted by Crippen LogP contribution is 2.21. The molecule has 0 saturated carbocycles. The molecule has 0 heterocycles. The monoisotopic (exact) mass is 227 g/mol. The van der Waals surface area contributed by atoms with Gasteiger partial charge in [0.1, 0.15) is 5.60 Å². The van der Waals surface area contributed by atoms with E-state index in [1.54, 1.807) is 31.2 Å². The number of hydrogen-bond acceptors (Lipinski definition) is 2. The van der Waals surface area contributed by atoms with E-state index in [0.29, 0.717) is 5.02 Å². The van der Waals surface area contributed by atoms with Crippen LogP contribution in [0.4, 0.5) is 0 Å². The van der Waals surface area contributed by atoms with E-state index in [-0.39, 0.29) is 12.5 Å². The molecule has 1 amide bonds. The Bertz CT molecular complexity index is 346. The van der Waals surface area contributed by atoms with E-state index in [1.807, 2.05) is 0 Å². The van der Waals surface area contributed by atoms with Crippen LogP contribution in [0.3, 0.4) is 0 Å². The fraction of sp³-hybridized carbons (Fsp3) is 0.364. The van der Waals surface area contributed by atoms with E-state index in [0.717, 1.165) is 5.56 Å². The van der Waals surface area contributed by atoms with Crippen molar-refractivity contribution in [3.8, 4) is 0 Å². The van der Waals surface area contributed by atoms with Gasteiger partial charge in [-0.25, -0.2) is 0 Å². The Hall–Kier alpha value is -1.06. The van der Waals surface area contributed by atoms with Gasteiger partial charge in [-0.2, -0.15) is 0 Å². The van der Waals surface area contributed by atoms with E-state index >= 15 is 0 Å². The molecular formula is C11H14ClNO2. The first-order valence-electron chi connectivity index (χ1n) is 4.65. The Balaban J connectivity index is 2.76. The molecule has 0 aliphatic rings. The highest BCUT2D eigenvalue weighted by molar-refractivity contribution is 6.30. The summed E-state index contributed by atoms with van der Waals surface area (Å²) in [6.07, 6.45) is 0. The molecule has 2 N–H and O–H groups in total. The lowest BCUT2D eigenvalue weighted by molar-refractivity contribution is -0.120. The van der Waals surface area contributed by atoms with Gasteiger partial charge in [0, 0.05) is 11.9 Å². The predicted molar refractivity (Wildman–Crippen MR) is 59.7 cm³/mol. The number of carbonyl (C=O) groups excluding carboxylic acids is 1. The number of nitrogens with one attached hydrogen (secondary N) is 1. The van der Waals surface area contributed by atoms with Crippen molar-refractivity contribution < 1.29 is 9.90 Å². The molecule has 0 radical (unpaired) electrons. The SMILES string of the molecule is CC(=O)NCC(C)(O)c1ccc(Cl)cc1. The highest BCUT2D eigenvalue weighted by Gasteiger charge is 2.22. The van der Waals surface area contributed by atoms with E-state index in [4.69, 9.17) is 11.6 Å². The largest absolute Gasteiger partial charge is 0.384 e. The Morgan fingerprint density at radius 2 is 2.00 bits per heavy atom. The zero-order chi connectivity index (χ0) is 11.5. The summed E-state index contributed by atoms with van der Waals surface area (Å²) in [4.78, 5) is 10.7. The van der Waals surface area contributed by atoms with Gasteiger partial charge < -0.3 is 10.4 Å². The maximum Gasteiger partial charge on any atom is 0.216 e. The number of aliphatic hydroxyl groups is 1. The number of hydrogen-bond donors (Lipinski definition) is 2. The van der Waals surface area contributed by atoms with E-state index < -0.39 is 5.60 Å². The average Bonchev–Trinajstić information content (AvgIpc) is 2.16. The smallest absolute Gasteiger partial charge is 0.216 e. The molecule has 1 aromatic rings. The number of benzene rings is 1. The molecule has 1 rings (SSSR count). The maximum atomic E-state index is 10.7. The summed E-state index contributed by atoms with van der Waals surface area (Å²) >= 11 is 5.74. The molecule has 0 aliphatic carbocycles. The van der Waals surface area contributed by atoms with Crippen molar-refractivity contribution in [2.45, 2.75) is 19.4 Å². The molecule has 3 nitrogen and oxygen atoms in total. The van der Waals surface area contributed by atoms with E-state index in [2.05, 4.69) is 5.32 Å². The second-order valence-electron chi connectivity index (χ2n) is 3.69. The van der Waals surface area contributed by atoms with Crippen molar-refractivity contribution >= 4 is 17.5 Å². The molecule has 82 valence electrons. The summed E-state index contributed by atoms with van der Waals surface area (Å²) in [6, 6.07) is 6.90. The molecule has 0 fully saturated rings. The van der Waals surface area contributed by atoms with Gasteiger partial charge in [0.05, 0.1) is 6.54 Å².